The zero-order valence-corrected chi connectivity index (χ0v) is 14.3. The summed E-state index contributed by atoms with van der Waals surface area (Å²) in [5.74, 6) is 1.00. The predicted molar refractivity (Wildman–Crippen MR) is 94.8 cm³/mol. The number of benzene rings is 1. The van der Waals surface area contributed by atoms with Crippen molar-refractivity contribution in [2.45, 2.75) is 19.4 Å². The second kappa shape index (κ2) is 7.59. The highest BCUT2D eigenvalue weighted by atomic mass is 16.2. The molecule has 1 saturated heterocycles. The average Bonchev–Trinajstić information content (AvgIpc) is 3.02. The molecule has 1 aliphatic heterocycles. The summed E-state index contributed by atoms with van der Waals surface area (Å²) in [4.78, 5) is 19.1. The van der Waals surface area contributed by atoms with Crippen LogP contribution >= 0.6 is 0 Å². The number of hydrogen-bond acceptors (Lipinski definition) is 4. The number of carbonyl (C=O) groups is 1. The molecule has 2 heterocycles. The number of nitrogens with one attached hydrogen (secondary N) is 2. The molecule has 1 amide bonds. The van der Waals surface area contributed by atoms with Crippen LogP contribution < -0.4 is 10.6 Å². The van der Waals surface area contributed by atoms with E-state index in [9.17, 15) is 4.79 Å². The van der Waals surface area contributed by atoms with E-state index in [1.54, 1.807) is 6.20 Å². The van der Waals surface area contributed by atoms with Crippen LogP contribution in [0.4, 0.5) is 5.69 Å². The monoisotopic (exact) mass is 327 g/mol. The van der Waals surface area contributed by atoms with E-state index in [0.29, 0.717) is 6.54 Å². The number of piperazine rings is 1. The molecule has 1 aliphatic rings. The topological polar surface area (TPSA) is 62.2 Å². The summed E-state index contributed by atoms with van der Waals surface area (Å²) in [5, 5.41) is 6.38. The lowest BCUT2D eigenvalue weighted by atomic mass is 10.1. The number of anilines is 1. The Morgan fingerprint density at radius 2 is 2.17 bits per heavy atom. The Hall–Kier alpha value is -2.18. The first-order chi connectivity index (χ1) is 11.7. The minimum Gasteiger partial charge on any atom is -0.337 e. The Labute approximate surface area is 142 Å². The van der Waals surface area contributed by atoms with E-state index in [-0.39, 0.29) is 11.9 Å². The van der Waals surface area contributed by atoms with Gasteiger partial charge < -0.3 is 15.2 Å². The van der Waals surface area contributed by atoms with Gasteiger partial charge in [-0.25, -0.2) is 4.98 Å². The number of rotatable bonds is 5. The Balaban J connectivity index is 1.64. The SMILES string of the molecule is CCc1ccc(NC(=O)CN2CCNCC2c2nccn2C)cc1. The van der Waals surface area contributed by atoms with Gasteiger partial charge in [-0.15, -0.1) is 0 Å². The van der Waals surface area contributed by atoms with Crippen molar-refractivity contribution in [1.82, 2.24) is 19.8 Å². The van der Waals surface area contributed by atoms with E-state index in [1.165, 1.54) is 5.56 Å². The fourth-order valence-corrected chi connectivity index (χ4v) is 3.10. The quantitative estimate of drug-likeness (QED) is 0.875. The fraction of sp³-hybridized carbons (Fsp3) is 0.444. The molecule has 2 aromatic rings. The van der Waals surface area contributed by atoms with Crippen LogP contribution in [0.2, 0.25) is 0 Å². The van der Waals surface area contributed by atoms with Gasteiger partial charge in [0.1, 0.15) is 5.82 Å². The second-order valence-corrected chi connectivity index (χ2v) is 6.19. The highest BCUT2D eigenvalue weighted by Crippen LogP contribution is 2.20. The van der Waals surface area contributed by atoms with Gasteiger partial charge in [0.05, 0.1) is 12.6 Å². The first-order valence-corrected chi connectivity index (χ1v) is 8.48. The van der Waals surface area contributed by atoms with Crippen LogP contribution in [0, 0.1) is 0 Å². The van der Waals surface area contributed by atoms with Crippen LogP contribution in [0.25, 0.3) is 0 Å². The van der Waals surface area contributed by atoms with Gasteiger partial charge in [0, 0.05) is 44.8 Å². The summed E-state index contributed by atoms with van der Waals surface area (Å²) in [6, 6.07) is 8.15. The van der Waals surface area contributed by atoms with Crippen molar-refractivity contribution in [3.63, 3.8) is 0 Å². The summed E-state index contributed by atoms with van der Waals surface area (Å²) in [6.45, 7) is 5.02. The van der Waals surface area contributed by atoms with Crippen molar-refractivity contribution < 1.29 is 4.79 Å². The third-order valence-electron chi connectivity index (χ3n) is 4.50. The molecule has 6 nitrogen and oxygen atoms in total. The van der Waals surface area contributed by atoms with Gasteiger partial charge in [0.2, 0.25) is 5.91 Å². The van der Waals surface area contributed by atoms with Gasteiger partial charge in [-0.2, -0.15) is 0 Å². The lowest BCUT2D eigenvalue weighted by Crippen LogP contribution is -2.49. The molecule has 128 valence electrons. The number of nitrogens with zero attached hydrogens (tertiary/aromatic N) is 3. The van der Waals surface area contributed by atoms with Gasteiger partial charge >= 0.3 is 0 Å². The zero-order valence-electron chi connectivity index (χ0n) is 14.3. The van der Waals surface area contributed by atoms with Crippen molar-refractivity contribution in [3.05, 3.63) is 48.0 Å². The van der Waals surface area contributed by atoms with Crippen molar-refractivity contribution in [3.8, 4) is 0 Å². The van der Waals surface area contributed by atoms with Crippen molar-refractivity contribution in [2.24, 2.45) is 7.05 Å². The molecule has 0 saturated carbocycles. The lowest BCUT2D eigenvalue weighted by Gasteiger charge is -2.35. The Bertz CT molecular complexity index is 679. The highest BCUT2D eigenvalue weighted by molar-refractivity contribution is 5.92. The molecule has 1 aromatic carbocycles. The van der Waals surface area contributed by atoms with Crippen LogP contribution in [0.3, 0.4) is 0 Å². The maximum atomic E-state index is 12.4. The number of aromatic nitrogens is 2. The molecule has 6 heteroatoms. The fourth-order valence-electron chi connectivity index (χ4n) is 3.10. The van der Waals surface area contributed by atoms with Gasteiger partial charge in [-0.1, -0.05) is 19.1 Å². The molecule has 0 aliphatic carbocycles. The summed E-state index contributed by atoms with van der Waals surface area (Å²) in [7, 11) is 1.99. The van der Waals surface area contributed by atoms with E-state index < -0.39 is 0 Å². The third-order valence-corrected chi connectivity index (χ3v) is 4.50. The van der Waals surface area contributed by atoms with Crippen LogP contribution in [0.5, 0.6) is 0 Å². The number of imidazole rings is 1. The Kier molecular flexibility index (Phi) is 5.27. The number of amides is 1. The first kappa shape index (κ1) is 16.7. The third kappa shape index (κ3) is 3.83. The zero-order chi connectivity index (χ0) is 16.9. The number of aryl methyl sites for hydroxylation is 2. The van der Waals surface area contributed by atoms with Crippen LogP contribution in [0.1, 0.15) is 24.4 Å². The van der Waals surface area contributed by atoms with Crippen LogP contribution in [0.15, 0.2) is 36.7 Å². The minimum atomic E-state index is 0.0142. The maximum Gasteiger partial charge on any atom is 0.238 e. The van der Waals surface area contributed by atoms with Crippen LogP contribution in [-0.4, -0.2) is 46.5 Å². The van der Waals surface area contributed by atoms with Crippen molar-refractivity contribution in [2.75, 3.05) is 31.5 Å². The van der Waals surface area contributed by atoms with Crippen molar-refractivity contribution >= 4 is 11.6 Å². The van der Waals surface area contributed by atoms with E-state index in [4.69, 9.17) is 0 Å². The summed E-state index contributed by atoms with van der Waals surface area (Å²) >= 11 is 0. The van der Waals surface area contributed by atoms with Gasteiger partial charge in [0.15, 0.2) is 0 Å². The molecule has 1 aromatic heterocycles. The molecule has 1 unspecified atom stereocenters. The molecule has 1 atom stereocenters. The van der Waals surface area contributed by atoms with E-state index in [2.05, 4.69) is 39.6 Å². The smallest absolute Gasteiger partial charge is 0.238 e. The van der Waals surface area contributed by atoms with Crippen molar-refractivity contribution in [1.29, 1.82) is 0 Å². The standard InChI is InChI=1S/C18H25N5O/c1-3-14-4-6-15(7-5-14)21-17(24)13-23-11-8-19-12-16(23)18-20-9-10-22(18)2/h4-7,9-10,16,19H,3,8,11-13H2,1-2H3,(H,21,24). The molecule has 2 N–H and O–H groups in total. The molecule has 0 bridgehead atoms. The summed E-state index contributed by atoms with van der Waals surface area (Å²) in [5.41, 5.74) is 2.12. The van der Waals surface area contributed by atoms with Gasteiger partial charge in [0.25, 0.3) is 0 Å². The molecule has 0 radical (unpaired) electrons. The molecular formula is C18H25N5O. The lowest BCUT2D eigenvalue weighted by molar-refractivity contribution is -0.118. The predicted octanol–water partition coefficient (Wildman–Crippen LogP) is 1.57. The molecular weight excluding hydrogens is 302 g/mol. The average molecular weight is 327 g/mol. The first-order valence-electron chi connectivity index (χ1n) is 8.48. The molecule has 1 fully saturated rings. The largest absolute Gasteiger partial charge is 0.337 e. The van der Waals surface area contributed by atoms with E-state index >= 15 is 0 Å². The van der Waals surface area contributed by atoms with Crippen LogP contribution in [-0.2, 0) is 18.3 Å². The summed E-state index contributed by atoms with van der Waals surface area (Å²) in [6.07, 6.45) is 4.75. The number of hydrogen-bond donors (Lipinski definition) is 2. The summed E-state index contributed by atoms with van der Waals surface area (Å²) < 4.78 is 2.02. The highest BCUT2D eigenvalue weighted by Gasteiger charge is 2.28. The Morgan fingerprint density at radius 1 is 1.38 bits per heavy atom. The maximum absolute atomic E-state index is 12.4. The van der Waals surface area contributed by atoms with Gasteiger partial charge in [-0.05, 0) is 24.1 Å². The Morgan fingerprint density at radius 3 is 2.83 bits per heavy atom. The van der Waals surface area contributed by atoms with E-state index in [1.807, 2.05) is 29.9 Å². The van der Waals surface area contributed by atoms with E-state index in [0.717, 1.165) is 37.6 Å². The normalized spacial score (nSPS) is 18.5. The van der Waals surface area contributed by atoms with Gasteiger partial charge in [-0.3, -0.25) is 9.69 Å². The minimum absolute atomic E-state index is 0.0142. The number of carbonyl (C=O) groups excluding carboxylic acids is 1. The molecule has 24 heavy (non-hydrogen) atoms. The second-order valence-electron chi connectivity index (χ2n) is 6.19. The molecule has 3 rings (SSSR count). The molecule has 0 spiro atoms.